The molecule has 1 fully saturated rings. The molecule has 1 amide bonds. The molecule has 0 N–H and O–H groups in total. The van der Waals surface area contributed by atoms with Crippen molar-refractivity contribution in [2.45, 2.75) is 52.7 Å². The summed E-state index contributed by atoms with van der Waals surface area (Å²) in [4.78, 5) is 64.2. The van der Waals surface area contributed by atoms with Crippen molar-refractivity contribution in [3.05, 3.63) is 56.7 Å². The number of nitrogens with zero attached hydrogens (tertiary/aromatic N) is 4. The minimum Gasteiger partial charge on any atom is -0.604 e. The molecule has 0 aliphatic carbocycles. The van der Waals surface area contributed by atoms with Gasteiger partial charge in [0.2, 0.25) is 18.1 Å². The standard InChI is InChI=1S/C24H26N4O11S/c1-12-17(21(30)37-11-38-22(31)24(3,4)5)27-19(29)16(20(27)40(35)18(12)26-25)13(2)39-23(32)36-10-14-6-8-15(9-7-14)28(33)34/h6-9,13,16,20H,10-11H2,1-5H3/t13?,16-,20-,40-/m0/s1. The molecule has 0 saturated carbocycles. The summed E-state index contributed by atoms with van der Waals surface area (Å²) in [5.74, 6) is -3.65. The number of fused-ring (bicyclic) bond motifs is 1. The van der Waals surface area contributed by atoms with Gasteiger partial charge < -0.3 is 29.0 Å². The molecule has 1 aromatic carbocycles. The molecule has 0 aromatic heterocycles. The third-order valence-electron chi connectivity index (χ3n) is 5.98. The Morgan fingerprint density at radius 3 is 2.35 bits per heavy atom. The Balaban J connectivity index is 1.67. The number of rotatable bonds is 8. The number of esters is 2. The first kappa shape index (κ1) is 30.3. The van der Waals surface area contributed by atoms with Gasteiger partial charge in [0.1, 0.15) is 29.9 Å². The number of nitro benzene ring substituents is 1. The van der Waals surface area contributed by atoms with E-state index in [4.69, 9.17) is 18.9 Å². The average molecular weight is 579 g/mol. The van der Waals surface area contributed by atoms with Gasteiger partial charge in [0.15, 0.2) is 0 Å². The van der Waals surface area contributed by atoms with Gasteiger partial charge in [0.25, 0.3) is 5.69 Å². The summed E-state index contributed by atoms with van der Waals surface area (Å²) in [5.41, 5.74) is 8.44. The fraction of sp³-hybridized carbons (Fsp3) is 0.458. The van der Waals surface area contributed by atoms with E-state index < -0.39 is 69.7 Å². The molecular formula is C24H26N4O11S. The highest BCUT2D eigenvalue weighted by molar-refractivity contribution is 8.07. The number of ether oxygens (including phenoxy) is 4. The lowest BCUT2D eigenvalue weighted by Crippen LogP contribution is -2.70. The molecule has 1 unspecified atom stereocenters. The van der Waals surface area contributed by atoms with Crippen molar-refractivity contribution in [2.75, 3.05) is 6.79 Å². The molecule has 3 rings (SSSR count). The second-order valence-electron chi connectivity index (χ2n) is 9.82. The van der Waals surface area contributed by atoms with Crippen molar-refractivity contribution in [2.24, 2.45) is 11.3 Å². The fourth-order valence-corrected chi connectivity index (χ4v) is 5.55. The number of amides is 1. The molecule has 4 atom stereocenters. The van der Waals surface area contributed by atoms with Crippen LogP contribution in [0.5, 0.6) is 0 Å². The topological polar surface area (TPSA) is 211 Å². The van der Waals surface area contributed by atoms with Gasteiger partial charge in [-0.1, -0.05) is 0 Å². The maximum absolute atomic E-state index is 13.1. The van der Waals surface area contributed by atoms with E-state index in [1.807, 2.05) is 0 Å². The largest absolute Gasteiger partial charge is 0.604 e. The summed E-state index contributed by atoms with van der Waals surface area (Å²) >= 11 is -2.12. The van der Waals surface area contributed by atoms with E-state index >= 15 is 0 Å². The zero-order valence-electron chi connectivity index (χ0n) is 22.1. The van der Waals surface area contributed by atoms with Crippen LogP contribution in [0.4, 0.5) is 10.5 Å². The molecule has 2 heterocycles. The first-order valence-corrected chi connectivity index (χ1v) is 13.0. The van der Waals surface area contributed by atoms with Crippen LogP contribution in [0, 0.1) is 21.4 Å². The van der Waals surface area contributed by atoms with Gasteiger partial charge in [-0.15, -0.1) is 4.79 Å². The van der Waals surface area contributed by atoms with Gasteiger partial charge >= 0.3 is 23.1 Å². The SMILES string of the molecule is CC1=C(C(=O)OCOC(=O)C(C)(C)C)N2C(=O)[C@H](C(C)OC(=O)OCc3ccc([N+](=O)[O-])cc3)[C@@H]2[S@@+]([O-])C1=[N+]=[N-]. The van der Waals surface area contributed by atoms with Crippen LogP contribution in [-0.2, 0) is 51.1 Å². The summed E-state index contributed by atoms with van der Waals surface area (Å²) < 4.78 is 33.2. The van der Waals surface area contributed by atoms with Crippen LogP contribution < -0.4 is 0 Å². The number of β-lactam (4-membered cyclic amide) rings is 1. The Hall–Kier alpha value is -4.27. The van der Waals surface area contributed by atoms with Crippen LogP contribution in [0.2, 0.25) is 0 Å². The highest BCUT2D eigenvalue weighted by atomic mass is 32.2. The van der Waals surface area contributed by atoms with Gasteiger partial charge in [-0.25, -0.2) is 9.59 Å². The summed E-state index contributed by atoms with van der Waals surface area (Å²) in [5, 5.41) is 9.13. The number of hydrogen-bond acceptors (Lipinski definition) is 11. The Bertz CT molecular complexity index is 1310. The predicted molar refractivity (Wildman–Crippen MR) is 134 cm³/mol. The molecule has 214 valence electrons. The summed E-state index contributed by atoms with van der Waals surface area (Å²) in [7, 11) is 0. The molecule has 1 saturated heterocycles. The van der Waals surface area contributed by atoms with Gasteiger partial charge in [0, 0.05) is 12.1 Å². The maximum atomic E-state index is 13.1. The third-order valence-corrected chi connectivity index (χ3v) is 7.69. The zero-order valence-corrected chi connectivity index (χ0v) is 23.0. The fourth-order valence-electron chi connectivity index (χ4n) is 3.84. The van der Waals surface area contributed by atoms with Crippen LogP contribution in [-0.4, -0.2) is 66.5 Å². The first-order valence-electron chi connectivity index (χ1n) is 11.8. The van der Waals surface area contributed by atoms with E-state index in [1.54, 1.807) is 20.8 Å². The highest BCUT2D eigenvalue weighted by Crippen LogP contribution is 2.43. The quantitative estimate of drug-likeness (QED) is 0.0637. The molecular weight excluding hydrogens is 552 g/mol. The molecule has 1 aromatic rings. The lowest BCUT2D eigenvalue weighted by molar-refractivity contribution is -0.384. The van der Waals surface area contributed by atoms with E-state index in [2.05, 4.69) is 4.79 Å². The van der Waals surface area contributed by atoms with Crippen molar-refractivity contribution in [1.29, 1.82) is 0 Å². The number of carbonyl (C=O) groups is 4. The Morgan fingerprint density at radius 1 is 1.18 bits per heavy atom. The number of benzene rings is 1. The van der Waals surface area contributed by atoms with Crippen molar-refractivity contribution in [3.8, 4) is 0 Å². The van der Waals surface area contributed by atoms with Crippen molar-refractivity contribution in [1.82, 2.24) is 4.90 Å². The minimum absolute atomic E-state index is 0.0906. The average Bonchev–Trinajstić information content (AvgIpc) is 2.87. The van der Waals surface area contributed by atoms with Crippen molar-refractivity contribution < 1.29 is 52.4 Å². The third kappa shape index (κ3) is 6.14. The summed E-state index contributed by atoms with van der Waals surface area (Å²) in [6, 6.07) is 5.25. The molecule has 40 heavy (non-hydrogen) atoms. The number of hydrogen-bond donors (Lipinski definition) is 0. The van der Waals surface area contributed by atoms with Crippen LogP contribution in [0.1, 0.15) is 40.2 Å². The van der Waals surface area contributed by atoms with E-state index in [9.17, 15) is 39.4 Å². The van der Waals surface area contributed by atoms with Crippen LogP contribution in [0.3, 0.4) is 0 Å². The molecule has 2 aliphatic rings. The summed E-state index contributed by atoms with van der Waals surface area (Å²) in [6.07, 6.45) is -2.34. The number of carbonyl (C=O) groups excluding carboxylic acids is 4. The lowest BCUT2D eigenvalue weighted by atomic mass is 9.91. The van der Waals surface area contributed by atoms with Crippen molar-refractivity contribution >= 4 is 45.9 Å². The monoisotopic (exact) mass is 578 g/mol. The highest BCUT2D eigenvalue weighted by Gasteiger charge is 2.67. The number of non-ortho nitro benzene ring substituents is 1. The van der Waals surface area contributed by atoms with E-state index in [-0.39, 0.29) is 28.6 Å². The lowest BCUT2D eigenvalue weighted by Gasteiger charge is -2.48. The van der Waals surface area contributed by atoms with E-state index in [0.717, 1.165) is 4.90 Å². The van der Waals surface area contributed by atoms with E-state index in [1.165, 1.54) is 38.1 Å². The summed E-state index contributed by atoms with van der Waals surface area (Å²) in [6.45, 7) is 6.43. The second kappa shape index (κ2) is 11.9. The first-order chi connectivity index (χ1) is 18.7. The van der Waals surface area contributed by atoms with Gasteiger partial charge in [0.05, 0.1) is 21.5 Å². The molecule has 0 spiro atoms. The van der Waals surface area contributed by atoms with E-state index in [0.29, 0.717) is 5.56 Å². The van der Waals surface area contributed by atoms with Crippen LogP contribution >= 0.6 is 0 Å². The van der Waals surface area contributed by atoms with Gasteiger partial charge in [-0.3, -0.25) is 24.6 Å². The molecule has 0 bridgehead atoms. The molecule has 16 heteroatoms. The van der Waals surface area contributed by atoms with Crippen molar-refractivity contribution in [3.63, 3.8) is 0 Å². The van der Waals surface area contributed by atoms with Gasteiger partial charge in [-0.2, -0.15) is 0 Å². The smallest absolute Gasteiger partial charge is 0.508 e. The second-order valence-corrected chi connectivity index (χ2v) is 11.3. The molecule has 0 radical (unpaired) electrons. The van der Waals surface area contributed by atoms with Crippen LogP contribution in [0.25, 0.3) is 5.53 Å². The maximum Gasteiger partial charge on any atom is 0.508 e. The predicted octanol–water partition coefficient (Wildman–Crippen LogP) is 2.18. The minimum atomic E-state index is -2.12. The van der Waals surface area contributed by atoms with Gasteiger partial charge in [-0.05, 0) is 52.3 Å². The normalized spacial score (nSPS) is 20.9. The Morgan fingerprint density at radius 2 is 1.80 bits per heavy atom. The Labute approximate surface area is 230 Å². The Kier molecular flexibility index (Phi) is 8.97. The molecule has 2 aliphatic heterocycles. The molecule has 15 nitrogen and oxygen atoms in total. The number of nitro groups is 1. The zero-order chi connectivity index (χ0) is 29.9. The van der Waals surface area contributed by atoms with Crippen LogP contribution in [0.15, 0.2) is 35.5 Å².